The lowest BCUT2D eigenvalue weighted by atomic mass is 10.1. The number of para-hydroxylation sites is 1. The molecule has 2 aromatic rings. The molecule has 0 aliphatic heterocycles. The van der Waals surface area contributed by atoms with Crippen LogP contribution in [0.1, 0.15) is 32.3 Å². The number of aryl methyl sites for hydroxylation is 2. The number of unbranched alkanes of at least 4 members (excludes halogenated alkanes) is 1. The molecular formula is C17H26N2. The molecule has 0 saturated heterocycles. The Kier molecular flexibility index (Phi) is 5.03. The number of aromatic nitrogens is 1. The third-order valence-electron chi connectivity index (χ3n) is 3.58. The first-order valence-corrected chi connectivity index (χ1v) is 7.42. The van der Waals surface area contributed by atoms with Crippen LogP contribution in [0.5, 0.6) is 0 Å². The average Bonchev–Trinajstić information content (AvgIpc) is 2.71. The summed E-state index contributed by atoms with van der Waals surface area (Å²) in [5.41, 5.74) is 2.83. The van der Waals surface area contributed by atoms with E-state index in [0.717, 1.165) is 19.0 Å². The van der Waals surface area contributed by atoms with Gasteiger partial charge in [-0.15, -0.1) is 0 Å². The first kappa shape index (κ1) is 14.1. The highest BCUT2D eigenvalue weighted by Crippen LogP contribution is 2.21. The summed E-state index contributed by atoms with van der Waals surface area (Å²) in [4.78, 5) is 0. The number of nitrogens with zero attached hydrogens (tertiary/aromatic N) is 1. The van der Waals surface area contributed by atoms with E-state index in [1.807, 2.05) is 0 Å². The Bertz CT molecular complexity index is 511. The summed E-state index contributed by atoms with van der Waals surface area (Å²) >= 11 is 0. The van der Waals surface area contributed by atoms with Crippen molar-refractivity contribution in [2.45, 2.75) is 33.1 Å². The molecule has 0 amide bonds. The first-order valence-electron chi connectivity index (χ1n) is 7.42. The van der Waals surface area contributed by atoms with Crippen LogP contribution in [-0.4, -0.2) is 17.7 Å². The molecule has 0 saturated carbocycles. The fourth-order valence-corrected chi connectivity index (χ4v) is 2.58. The van der Waals surface area contributed by atoms with E-state index in [2.05, 4.69) is 61.2 Å². The highest BCUT2D eigenvalue weighted by Gasteiger charge is 2.05. The van der Waals surface area contributed by atoms with Crippen molar-refractivity contribution >= 4 is 10.9 Å². The quantitative estimate of drug-likeness (QED) is 0.749. The second kappa shape index (κ2) is 6.76. The smallest absolute Gasteiger partial charge is 0.0480 e. The van der Waals surface area contributed by atoms with Crippen LogP contribution in [-0.2, 0) is 13.5 Å². The normalized spacial score (nSPS) is 11.6. The van der Waals surface area contributed by atoms with Crippen LogP contribution in [0.15, 0.2) is 30.5 Å². The van der Waals surface area contributed by atoms with Gasteiger partial charge in [0.15, 0.2) is 0 Å². The lowest BCUT2D eigenvalue weighted by Gasteiger charge is -2.06. The number of nitrogens with one attached hydrogen (secondary N) is 1. The van der Waals surface area contributed by atoms with Gasteiger partial charge < -0.3 is 9.88 Å². The van der Waals surface area contributed by atoms with Crippen molar-refractivity contribution in [3.05, 3.63) is 36.0 Å². The van der Waals surface area contributed by atoms with Gasteiger partial charge in [0.05, 0.1) is 0 Å². The minimum atomic E-state index is 0.748. The van der Waals surface area contributed by atoms with Crippen molar-refractivity contribution in [3.8, 4) is 0 Å². The summed E-state index contributed by atoms with van der Waals surface area (Å²) in [7, 11) is 2.13. The van der Waals surface area contributed by atoms with Gasteiger partial charge in [-0.05, 0) is 49.9 Å². The predicted octanol–water partition coefficient (Wildman–Crippen LogP) is 3.75. The third-order valence-corrected chi connectivity index (χ3v) is 3.58. The van der Waals surface area contributed by atoms with Crippen molar-refractivity contribution in [1.29, 1.82) is 0 Å². The van der Waals surface area contributed by atoms with E-state index in [-0.39, 0.29) is 0 Å². The lowest BCUT2D eigenvalue weighted by Crippen LogP contribution is -2.20. The van der Waals surface area contributed by atoms with Gasteiger partial charge in [0.2, 0.25) is 0 Å². The van der Waals surface area contributed by atoms with Gasteiger partial charge in [0.1, 0.15) is 0 Å². The van der Waals surface area contributed by atoms with Crippen molar-refractivity contribution < 1.29 is 0 Å². The molecule has 104 valence electrons. The fourth-order valence-electron chi connectivity index (χ4n) is 2.58. The van der Waals surface area contributed by atoms with Crippen LogP contribution in [0.4, 0.5) is 0 Å². The molecule has 1 heterocycles. The lowest BCUT2D eigenvalue weighted by molar-refractivity contribution is 0.535. The largest absolute Gasteiger partial charge is 0.350 e. The first-order chi connectivity index (χ1) is 9.18. The van der Waals surface area contributed by atoms with Crippen LogP contribution in [0, 0.1) is 5.92 Å². The number of hydrogen-bond donors (Lipinski definition) is 1. The second-order valence-electron chi connectivity index (χ2n) is 5.84. The Labute approximate surface area is 116 Å². The molecule has 0 atom stereocenters. The maximum atomic E-state index is 3.51. The monoisotopic (exact) mass is 258 g/mol. The molecule has 1 aromatic carbocycles. The van der Waals surface area contributed by atoms with Gasteiger partial charge in [0, 0.05) is 24.1 Å². The van der Waals surface area contributed by atoms with Crippen molar-refractivity contribution in [1.82, 2.24) is 9.88 Å². The van der Waals surface area contributed by atoms with E-state index in [4.69, 9.17) is 0 Å². The number of benzene rings is 1. The summed E-state index contributed by atoms with van der Waals surface area (Å²) in [6.45, 7) is 6.78. The molecule has 0 bridgehead atoms. The summed E-state index contributed by atoms with van der Waals surface area (Å²) in [5, 5.41) is 4.93. The van der Waals surface area contributed by atoms with Gasteiger partial charge in [-0.2, -0.15) is 0 Å². The summed E-state index contributed by atoms with van der Waals surface area (Å²) in [6, 6.07) is 8.68. The Hall–Kier alpha value is -1.28. The minimum absolute atomic E-state index is 0.748. The van der Waals surface area contributed by atoms with Crippen molar-refractivity contribution in [2.75, 3.05) is 13.1 Å². The Morgan fingerprint density at radius 2 is 1.95 bits per heavy atom. The van der Waals surface area contributed by atoms with E-state index >= 15 is 0 Å². The molecule has 2 rings (SSSR count). The molecule has 1 aromatic heterocycles. The predicted molar refractivity (Wildman–Crippen MR) is 83.6 cm³/mol. The Balaban J connectivity index is 1.82. The summed E-state index contributed by atoms with van der Waals surface area (Å²) in [5.74, 6) is 0.748. The van der Waals surface area contributed by atoms with Crippen LogP contribution in [0.25, 0.3) is 10.9 Å². The second-order valence-corrected chi connectivity index (χ2v) is 5.84. The molecule has 0 unspecified atom stereocenters. The molecule has 19 heavy (non-hydrogen) atoms. The van der Waals surface area contributed by atoms with E-state index in [9.17, 15) is 0 Å². The van der Waals surface area contributed by atoms with Crippen LogP contribution in [0.2, 0.25) is 0 Å². The van der Waals surface area contributed by atoms with E-state index in [0.29, 0.717) is 0 Å². The molecule has 0 fully saturated rings. The van der Waals surface area contributed by atoms with Gasteiger partial charge in [-0.25, -0.2) is 0 Å². The Morgan fingerprint density at radius 3 is 2.74 bits per heavy atom. The number of hydrogen-bond acceptors (Lipinski definition) is 1. The van der Waals surface area contributed by atoms with Crippen LogP contribution >= 0.6 is 0 Å². The van der Waals surface area contributed by atoms with Crippen molar-refractivity contribution in [3.63, 3.8) is 0 Å². The zero-order valence-electron chi connectivity index (χ0n) is 12.4. The molecule has 0 aliphatic carbocycles. The minimum Gasteiger partial charge on any atom is -0.350 e. The number of rotatable bonds is 7. The van der Waals surface area contributed by atoms with Gasteiger partial charge >= 0.3 is 0 Å². The number of fused-ring (bicyclic) bond motifs is 1. The molecule has 0 spiro atoms. The van der Waals surface area contributed by atoms with Crippen LogP contribution < -0.4 is 5.32 Å². The highest BCUT2D eigenvalue weighted by molar-refractivity contribution is 5.83. The highest BCUT2D eigenvalue weighted by atomic mass is 14.9. The van der Waals surface area contributed by atoms with E-state index in [1.165, 1.54) is 35.7 Å². The maximum absolute atomic E-state index is 3.51. The molecule has 2 nitrogen and oxygen atoms in total. The summed E-state index contributed by atoms with van der Waals surface area (Å²) < 4.78 is 2.24. The maximum Gasteiger partial charge on any atom is 0.0480 e. The standard InChI is InChI=1S/C17H26N2/c1-14(2)12-18-11-7-6-8-15-13-19(3)17-10-5-4-9-16(15)17/h4-5,9-10,13-14,18H,6-8,11-12H2,1-3H3. The zero-order valence-corrected chi connectivity index (χ0v) is 12.4. The molecule has 1 N–H and O–H groups in total. The van der Waals surface area contributed by atoms with Crippen LogP contribution in [0.3, 0.4) is 0 Å². The molecule has 2 heteroatoms. The Morgan fingerprint density at radius 1 is 1.16 bits per heavy atom. The van der Waals surface area contributed by atoms with Gasteiger partial charge in [0.25, 0.3) is 0 Å². The third kappa shape index (κ3) is 3.84. The molecule has 0 aliphatic rings. The zero-order chi connectivity index (χ0) is 13.7. The SMILES string of the molecule is CC(C)CNCCCCc1cn(C)c2ccccc12. The molecular weight excluding hydrogens is 232 g/mol. The van der Waals surface area contributed by atoms with Gasteiger partial charge in [-0.3, -0.25) is 0 Å². The topological polar surface area (TPSA) is 17.0 Å². The van der Waals surface area contributed by atoms with E-state index in [1.54, 1.807) is 0 Å². The van der Waals surface area contributed by atoms with Gasteiger partial charge in [-0.1, -0.05) is 32.0 Å². The van der Waals surface area contributed by atoms with Crippen molar-refractivity contribution in [2.24, 2.45) is 13.0 Å². The molecule has 0 radical (unpaired) electrons. The fraction of sp³-hybridized carbons (Fsp3) is 0.529. The van der Waals surface area contributed by atoms with E-state index < -0.39 is 0 Å². The average molecular weight is 258 g/mol. The summed E-state index contributed by atoms with van der Waals surface area (Å²) in [6.07, 6.45) is 5.99.